The maximum Gasteiger partial charge on any atom is 0.135 e. The Kier molecular flexibility index (Phi) is 4.30. The number of nitrogens with two attached hydrogens (primary N) is 1. The number of aryl methyl sites for hydroxylation is 2. The molecular formula is C14H19N5. The molecule has 1 aromatic heterocycles. The van der Waals surface area contributed by atoms with Gasteiger partial charge in [0.2, 0.25) is 0 Å². The Morgan fingerprint density at radius 2 is 1.79 bits per heavy atom. The minimum absolute atomic E-state index is 0.573. The molecule has 1 heterocycles. The summed E-state index contributed by atoms with van der Waals surface area (Å²) in [6, 6.07) is 8.07. The van der Waals surface area contributed by atoms with Crippen molar-refractivity contribution < 1.29 is 0 Å². The van der Waals surface area contributed by atoms with Crippen LogP contribution in [0.2, 0.25) is 0 Å². The third kappa shape index (κ3) is 3.42. The molecule has 0 saturated carbocycles. The molecule has 0 amide bonds. The molecule has 0 atom stereocenters. The zero-order valence-electron chi connectivity index (χ0n) is 11.3. The van der Waals surface area contributed by atoms with E-state index in [2.05, 4.69) is 46.6 Å². The van der Waals surface area contributed by atoms with Crippen LogP contribution in [0.5, 0.6) is 0 Å². The van der Waals surface area contributed by atoms with E-state index in [9.17, 15) is 0 Å². The summed E-state index contributed by atoms with van der Waals surface area (Å²) in [4.78, 5) is 8.38. The molecule has 0 bridgehead atoms. The lowest BCUT2D eigenvalue weighted by Gasteiger charge is -2.12. The second-order valence-corrected chi connectivity index (χ2v) is 4.40. The number of rotatable bonds is 5. The summed E-state index contributed by atoms with van der Waals surface area (Å²) in [6.07, 6.45) is 1.54. The van der Waals surface area contributed by atoms with E-state index in [1.54, 1.807) is 0 Å². The smallest absolute Gasteiger partial charge is 0.135 e. The topological polar surface area (TPSA) is 75.9 Å². The minimum atomic E-state index is 0.573. The highest BCUT2D eigenvalue weighted by Gasteiger charge is 2.04. The van der Waals surface area contributed by atoms with Crippen LogP contribution in [0.3, 0.4) is 0 Å². The van der Waals surface area contributed by atoms with Crippen LogP contribution in [-0.4, -0.2) is 23.1 Å². The second-order valence-electron chi connectivity index (χ2n) is 4.40. The van der Waals surface area contributed by atoms with Crippen LogP contribution < -0.4 is 16.4 Å². The Morgan fingerprint density at radius 3 is 2.47 bits per heavy atom. The maximum atomic E-state index is 5.46. The predicted molar refractivity (Wildman–Crippen MR) is 78.8 cm³/mol. The summed E-state index contributed by atoms with van der Waals surface area (Å²) in [6.45, 7) is 5.41. The van der Waals surface area contributed by atoms with E-state index in [0.717, 1.165) is 17.3 Å². The lowest BCUT2D eigenvalue weighted by atomic mass is 10.1. The van der Waals surface area contributed by atoms with Crippen LogP contribution >= 0.6 is 0 Å². The Hall–Kier alpha value is -2.14. The average Bonchev–Trinajstić information content (AvgIpc) is 2.41. The van der Waals surface area contributed by atoms with Gasteiger partial charge in [0, 0.05) is 24.8 Å². The summed E-state index contributed by atoms with van der Waals surface area (Å²) in [7, 11) is 0. The van der Waals surface area contributed by atoms with Crippen molar-refractivity contribution in [2.75, 3.05) is 23.7 Å². The molecule has 0 saturated heterocycles. The number of hydrogen-bond donors (Lipinski definition) is 3. The first-order chi connectivity index (χ1) is 9.20. The van der Waals surface area contributed by atoms with Crippen LogP contribution in [-0.2, 0) is 0 Å². The number of benzene rings is 1. The Morgan fingerprint density at radius 1 is 1.11 bits per heavy atom. The Bertz CT molecular complexity index is 533. The van der Waals surface area contributed by atoms with E-state index in [1.807, 2.05) is 12.1 Å². The summed E-state index contributed by atoms with van der Waals surface area (Å²) in [5, 5.41) is 6.47. The molecule has 2 aromatic rings. The van der Waals surface area contributed by atoms with Gasteiger partial charge in [-0.1, -0.05) is 18.2 Å². The van der Waals surface area contributed by atoms with Crippen LogP contribution in [0.1, 0.15) is 11.1 Å². The number of para-hydroxylation sites is 1. The molecule has 0 spiro atoms. The number of nitrogens with zero attached hydrogens (tertiary/aromatic N) is 2. The van der Waals surface area contributed by atoms with Crippen LogP contribution in [0.25, 0.3) is 0 Å². The fraction of sp³-hybridized carbons (Fsp3) is 0.286. The monoisotopic (exact) mass is 257 g/mol. The molecule has 0 aliphatic rings. The van der Waals surface area contributed by atoms with Crippen LogP contribution in [0.4, 0.5) is 17.3 Å². The summed E-state index contributed by atoms with van der Waals surface area (Å²) >= 11 is 0. The van der Waals surface area contributed by atoms with Crippen molar-refractivity contribution in [1.29, 1.82) is 0 Å². The van der Waals surface area contributed by atoms with E-state index in [4.69, 9.17) is 5.73 Å². The van der Waals surface area contributed by atoms with Gasteiger partial charge in [-0.05, 0) is 25.0 Å². The zero-order chi connectivity index (χ0) is 13.7. The standard InChI is InChI=1S/C14H19N5/c1-10-4-3-5-11(2)14(10)19-13-8-12(16-7-6-15)17-9-18-13/h3-5,8-9H,6-7,15H2,1-2H3,(H2,16,17,18,19). The molecule has 4 N–H and O–H groups in total. The first-order valence-corrected chi connectivity index (χ1v) is 6.30. The van der Waals surface area contributed by atoms with Crippen molar-refractivity contribution >= 4 is 17.3 Å². The molecule has 0 radical (unpaired) electrons. The van der Waals surface area contributed by atoms with Gasteiger partial charge in [-0.2, -0.15) is 0 Å². The fourth-order valence-corrected chi connectivity index (χ4v) is 1.86. The van der Waals surface area contributed by atoms with Gasteiger partial charge in [-0.3, -0.25) is 0 Å². The largest absolute Gasteiger partial charge is 0.369 e. The van der Waals surface area contributed by atoms with Gasteiger partial charge in [-0.25, -0.2) is 9.97 Å². The molecule has 0 unspecified atom stereocenters. The van der Waals surface area contributed by atoms with Crippen molar-refractivity contribution in [3.8, 4) is 0 Å². The van der Waals surface area contributed by atoms with Gasteiger partial charge >= 0.3 is 0 Å². The molecule has 5 nitrogen and oxygen atoms in total. The van der Waals surface area contributed by atoms with Crippen LogP contribution in [0, 0.1) is 13.8 Å². The SMILES string of the molecule is Cc1cccc(C)c1Nc1cc(NCCN)ncn1. The molecule has 19 heavy (non-hydrogen) atoms. The van der Waals surface area contributed by atoms with Gasteiger partial charge in [0.15, 0.2) is 0 Å². The normalized spacial score (nSPS) is 10.3. The number of aromatic nitrogens is 2. The molecule has 2 rings (SSSR count). The summed E-state index contributed by atoms with van der Waals surface area (Å²) < 4.78 is 0. The van der Waals surface area contributed by atoms with Crippen molar-refractivity contribution in [2.45, 2.75) is 13.8 Å². The fourth-order valence-electron chi connectivity index (χ4n) is 1.86. The van der Waals surface area contributed by atoms with E-state index in [1.165, 1.54) is 17.5 Å². The molecule has 0 aliphatic carbocycles. The summed E-state index contributed by atoms with van der Waals surface area (Å²) in [5.41, 5.74) is 8.92. The maximum absolute atomic E-state index is 5.46. The van der Waals surface area contributed by atoms with Crippen molar-refractivity contribution in [3.63, 3.8) is 0 Å². The molecule has 0 aliphatic heterocycles. The quantitative estimate of drug-likeness (QED) is 0.765. The molecule has 1 aromatic carbocycles. The zero-order valence-corrected chi connectivity index (χ0v) is 11.3. The Balaban J connectivity index is 2.19. The second kappa shape index (κ2) is 6.15. The number of nitrogens with one attached hydrogen (secondary N) is 2. The van der Waals surface area contributed by atoms with Gasteiger partial charge in [0.1, 0.15) is 18.0 Å². The third-order valence-electron chi connectivity index (χ3n) is 2.85. The third-order valence-corrected chi connectivity index (χ3v) is 2.85. The van der Waals surface area contributed by atoms with Crippen LogP contribution in [0.15, 0.2) is 30.6 Å². The predicted octanol–water partition coefficient (Wildman–Crippen LogP) is 2.21. The number of anilines is 3. The molecule has 5 heteroatoms. The Labute approximate surface area is 113 Å². The first kappa shape index (κ1) is 13.3. The van der Waals surface area contributed by atoms with E-state index in [0.29, 0.717) is 13.1 Å². The van der Waals surface area contributed by atoms with E-state index in [-0.39, 0.29) is 0 Å². The molecule has 100 valence electrons. The van der Waals surface area contributed by atoms with Gasteiger partial charge in [0.25, 0.3) is 0 Å². The number of hydrogen-bond acceptors (Lipinski definition) is 5. The van der Waals surface area contributed by atoms with Crippen molar-refractivity contribution in [2.24, 2.45) is 5.73 Å². The van der Waals surface area contributed by atoms with E-state index >= 15 is 0 Å². The van der Waals surface area contributed by atoms with Gasteiger partial charge in [-0.15, -0.1) is 0 Å². The highest BCUT2D eigenvalue weighted by molar-refractivity contribution is 5.65. The molecule has 0 fully saturated rings. The van der Waals surface area contributed by atoms with Crippen molar-refractivity contribution in [3.05, 3.63) is 41.7 Å². The highest BCUT2D eigenvalue weighted by Crippen LogP contribution is 2.23. The van der Waals surface area contributed by atoms with Gasteiger partial charge in [0.05, 0.1) is 0 Å². The average molecular weight is 257 g/mol. The lowest BCUT2D eigenvalue weighted by Crippen LogP contribution is -2.14. The van der Waals surface area contributed by atoms with Crippen molar-refractivity contribution in [1.82, 2.24) is 9.97 Å². The van der Waals surface area contributed by atoms with E-state index < -0.39 is 0 Å². The minimum Gasteiger partial charge on any atom is -0.369 e. The highest BCUT2D eigenvalue weighted by atomic mass is 15.1. The summed E-state index contributed by atoms with van der Waals surface area (Å²) in [5.74, 6) is 1.54. The van der Waals surface area contributed by atoms with Gasteiger partial charge < -0.3 is 16.4 Å². The molecular weight excluding hydrogens is 238 g/mol. The first-order valence-electron chi connectivity index (χ1n) is 6.30. The lowest BCUT2D eigenvalue weighted by molar-refractivity contribution is 1.00.